The molecule has 0 aromatic heterocycles. The molecule has 1 saturated carbocycles. The van der Waals surface area contributed by atoms with Gasteiger partial charge >= 0.3 is 0 Å². The maximum Gasteiger partial charge on any atom is 0.235 e. The molecule has 90 valence electrons. The molecule has 0 unspecified atom stereocenters. The van der Waals surface area contributed by atoms with Gasteiger partial charge in [0.1, 0.15) is 5.75 Å². The summed E-state index contributed by atoms with van der Waals surface area (Å²) in [4.78, 5) is 14.6. The van der Waals surface area contributed by atoms with Crippen molar-refractivity contribution >= 4 is 16.9 Å². The van der Waals surface area contributed by atoms with Crippen molar-refractivity contribution in [2.75, 3.05) is 7.11 Å². The first-order chi connectivity index (χ1) is 8.80. The highest BCUT2D eigenvalue weighted by molar-refractivity contribution is 5.92. The first kappa shape index (κ1) is 11.0. The van der Waals surface area contributed by atoms with Crippen molar-refractivity contribution in [1.29, 1.82) is 0 Å². The van der Waals surface area contributed by atoms with Gasteiger partial charge in [0, 0.05) is 5.39 Å². The van der Waals surface area contributed by atoms with Gasteiger partial charge in [-0.2, -0.15) is 4.99 Å². The Morgan fingerprint density at radius 2 is 1.89 bits per heavy atom. The zero-order valence-electron chi connectivity index (χ0n) is 10.1. The molecule has 0 aliphatic heterocycles. The number of isocyanates is 1. The topological polar surface area (TPSA) is 38.7 Å². The summed E-state index contributed by atoms with van der Waals surface area (Å²) < 4.78 is 5.37. The van der Waals surface area contributed by atoms with E-state index < -0.39 is 0 Å². The summed E-state index contributed by atoms with van der Waals surface area (Å²) >= 11 is 0. The highest BCUT2D eigenvalue weighted by Gasteiger charge is 2.45. The fraction of sp³-hybridized carbons (Fsp3) is 0.267. The third-order valence-electron chi connectivity index (χ3n) is 3.59. The highest BCUT2D eigenvalue weighted by Crippen LogP contribution is 2.52. The summed E-state index contributed by atoms with van der Waals surface area (Å²) in [7, 11) is 1.66. The number of benzene rings is 2. The maximum absolute atomic E-state index is 10.6. The van der Waals surface area contributed by atoms with Crippen LogP contribution in [0.5, 0.6) is 5.75 Å². The standard InChI is InChI=1S/C15H13NO2/c1-18-14-7-6-13(15(8-9-15)16-10-17)11-4-2-3-5-12(11)14/h2-7H,8-9H2,1H3. The number of rotatable bonds is 3. The van der Waals surface area contributed by atoms with Gasteiger partial charge in [0.2, 0.25) is 6.08 Å². The van der Waals surface area contributed by atoms with Gasteiger partial charge in [0.25, 0.3) is 0 Å². The van der Waals surface area contributed by atoms with Crippen molar-refractivity contribution < 1.29 is 9.53 Å². The second-order valence-corrected chi connectivity index (χ2v) is 4.60. The molecule has 3 heteroatoms. The Morgan fingerprint density at radius 3 is 2.50 bits per heavy atom. The minimum atomic E-state index is -0.340. The Labute approximate surface area is 105 Å². The van der Waals surface area contributed by atoms with Crippen LogP contribution in [0.2, 0.25) is 0 Å². The molecule has 1 fully saturated rings. The number of hydrogen-bond acceptors (Lipinski definition) is 3. The van der Waals surface area contributed by atoms with Gasteiger partial charge < -0.3 is 4.74 Å². The van der Waals surface area contributed by atoms with E-state index in [4.69, 9.17) is 4.74 Å². The molecule has 3 rings (SSSR count). The van der Waals surface area contributed by atoms with E-state index in [2.05, 4.69) is 4.99 Å². The molecule has 3 nitrogen and oxygen atoms in total. The zero-order chi connectivity index (χ0) is 12.6. The van der Waals surface area contributed by atoms with Crippen molar-refractivity contribution in [2.45, 2.75) is 18.4 Å². The molecule has 2 aromatic rings. The van der Waals surface area contributed by atoms with Gasteiger partial charge in [-0.25, -0.2) is 4.79 Å². The molecule has 0 atom stereocenters. The highest BCUT2D eigenvalue weighted by atomic mass is 16.5. The van der Waals surface area contributed by atoms with E-state index in [1.54, 1.807) is 13.2 Å². The first-order valence-electron chi connectivity index (χ1n) is 5.96. The third kappa shape index (κ3) is 1.52. The first-order valence-corrected chi connectivity index (χ1v) is 5.96. The van der Waals surface area contributed by atoms with Crippen molar-refractivity contribution in [3.8, 4) is 5.75 Å². The second-order valence-electron chi connectivity index (χ2n) is 4.60. The normalized spacial score (nSPS) is 16.1. The Bertz CT molecular complexity index is 653. The Kier molecular flexibility index (Phi) is 2.42. The number of fused-ring (bicyclic) bond motifs is 1. The maximum atomic E-state index is 10.6. The number of ether oxygens (including phenoxy) is 1. The van der Waals surface area contributed by atoms with E-state index in [0.717, 1.165) is 34.9 Å². The fourth-order valence-electron chi connectivity index (χ4n) is 2.50. The molecule has 18 heavy (non-hydrogen) atoms. The van der Waals surface area contributed by atoms with Crippen LogP contribution in [0.25, 0.3) is 10.8 Å². The molecule has 0 N–H and O–H groups in total. The fourth-order valence-corrected chi connectivity index (χ4v) is 2.50. The van der Waals surface area contributed by atoms with Crippen molar-refractivity contribution in [2.24, 2.45) is 4.99 Å². The van der Waals surface area contributed by atoms with E-state index in [9.17, 15) is 4.79 Å². The van der Waals surface area contributed by atoms with Crippen molar-refractivity contribution in [3.05, 3.63) is 42.0 Å². The summed E-state index contributed by atoms with van der Waals surface area (Å²) in [6.45, 7) is 0. The average Bonchev–Trinajstić information content (AvgIpc) is 3.18. The monoisotopic (exact) mass is 239 g/mol. The van der Waals surface area contributed by atoms with Crippen LogP contribution in [-0.4, -0.2) is 13.2 Å². The molecule has 1 aliphatic carbocycles. The minimum Gasteiger partial charge on any atom is -0.496 e. The molecule has 0 amide bonds. The molecule has 0 radical (unpaired) electrons. The van der Waals surface area contributed by atoms with Crippen LogP contribution in [0.3, 0.4) is 0 Å². The molecular formula is C15H13NO2. The lowest BCUT2D eigenvalue weighted by molar-refractivity contribution is 0.419. The molecule has 0 saturated heterocycles. The van der Waals surface area contributed by atoms with E-state index in [-0.39, 0.29) is 5.54 Å². The van der Waals surface area contributed by atoms with Crippen LogP contribution in [-0.2, 0) is 10.3 Å². The summed E-state index contributed by atoms with van der Waals surface area (Å²) in [5.74, 6) is 0.847. The summed E-state index contributed by atoms with van der Waals surface area (Å²) in [5, 5.41) is 2.17. The zero-order valence-corrected chi connectivity index (χ0v) is 10.1. The molecular weight excluding hydrogens is 226 g/mol. The van der Waals surface area contributed by atoms with E-state index >= 15 is 0 Å². The quantitative estimate of drug-likeness (QED) is 0.609. The third-order valence-corrected chi connectivity index (χ3v) is 3.59. The van der Waals surface area contributed by atoms with Gasteiger partial charge in [-0.1, -0.05) is 30.3 Å². The van der Waals surface area contributed by atoms with Crippen LogP contribution in [0.15, 0.2) is 41.4 Å². The lowest BCUT2D eigenvalue weighted by Gasteiger charge is -2.14. The smallest absolute Gasteiger partial charge is 0.235 e. The van der Waals surface area contributed by atoms with Crippen LogP contribution < -0.4 is 4.74 Å². The SMILES string of the molecule is COc1ccc(C2(N=C=O)CC2)c2ccccc12. The lowest BCUT2D eigenvalue weighted by atomic mass is 9.97. The predicted octanol–water partition coefficient (Wildman–Crippen LogP) is 3.17. The molecule has 2 aromatic carbocycles. The van der Waals surface area contributed by atoms with E-state index in [1.165, 1.54) is 0 Å². The summed E-state index contributed by atoms with van der Waals surface area (Å²) in [5.41, 5.74) is 0.760. The lowest BCUT2D eigenvalue weighted by Crippen LogP contribution is -2.03. The van der Waals surface area contributed by atoms with Crippen molar-refractivity contribution in [3.63, 3.8) is 0 Å². The van der Waals surface area contributed by atoms with Gasteiger partial charge in [-0.05, 0) is 29.9 Å². The van der Waals surface area contributed by atoms with Crippen LogP contribution in [0.1, 0.15) is 18.4 Å². The number of methoxy groups -OCH3 is 1. The second kappa shape index (κ2) is 3.97. The van der Waals surface area contributed by atoms with Gasteiger partial charge in [-0.3, -0.25) is 0 Å². The number of carbonyl (C=O) groups excluding carboxylic acids is 1. The molecule has 0 heterocycles. The van der Waals surface area contributed by atoms with Gasteiger partial charge in [0.15, 0.2) is 0 Å². The summed E-state index contributed by atoms with van der Waals surface area (Å²) in [6.07, 6.45) is 3.54. The minimum absolute atomic E-state index is 0.340. The Hall–Kier alpha value is -2.12. The predicted molar refractivity (Wildman–Crippen MR) is 69.5 cm³/mol. The van der Waals surface area contributed by atoms with E-state index in [1.807, 2.05) is 36.4 Å². The number of nitrogens with zero attached hydrogens (tertiary/aromatic N) is 1. The number of aliphatic imine (C=N–C) groups is 1. The Morgan fingerprint density at radius 1 is 1.17 bits per heavy atom. The van der Waals surface area contributed by atoms with Crippen LogP contribution in [0, 0.1) is 0 Å². The molecule has 1 aliphatic rings. The molecule has 0 spiro atoms. The largest absolute Gasteiger partial charge is 0.496 e. The van der Waals surface area contributed by atoms with Crippen molar-refractivity contribution in [1.82, 2.24) is 0 Å². The van der Waals surface area contributed by atoms with Crippen LogP contribution >= 0.6 is 0 Å². The van der Waals surface area contributed by atoms with Gasteiger partial charge in [-0.15, -0.1) is 0 Å². The molecule has 0 bridgehead atoms. The van der Waals surface area contributed by atoms with Crippen LogP contribution in [0.4, 0.5) is 0 Å². The number of hydrogen-bond donors (Lipinski definition) is 0. The van der Waals surface area contributed by atoms with Gasteiger partial charge in [0.05, 0.1) is 12.6 Å². The average molecular weight is 239 g/mol. The summed E-state index contributed by atoms with van der Waals surface area (Å²) in [6, 6.07) is 12.0. The van der Waals surface area contributed by atoms with E-state index in [0.29, 0.717) is 0 Å². The Balaban J connectivity index is 2.29.